The van der Waals surface area contributed by atoms with Gasteiger partial charge in [0, 0.05) is 39.0 Å². The zero-order valence-electron chi connectivity index (χ0n) is 18.1. The number of hydrogen-bond acceptors (Lipinski definition) is 4. The Morgan fingerprint density at radius 1 is 1.28 bits per heavy atom. The van der Waals surface area contributed by atoms with Crippen molar-refractivity contribution >= 4 is 39.8 Å². The first-order chi connectivity index (χ1) is 13.2. The number of nitrogens with zero attached hydrogens (tertiary/aromatic N) is 2. The number of piperidine rings is 1. The van der Waals surface area contributed by atoms with Crippen LogP contribution in [0.1, 0.15) is 38.7 Å². The Morgan fingerprint density at radius 3 is 2.59 bits per heavy atom. The average Bonchev–Trinajstić information content (AvgIpc) is 2.64. The van der Waals surface area contributed by atoms with Gasteiger partial charge in [0.25, 0.3) is 0 Å². The minimum absolute atomic E-state index is 0. The molecule has 29 heavy (non-hydrogen) atoms. The Kier molecular flexibility index (Phi) is 10.9. The van der Waals surface area contributed by atoms with Crippen molar-refractivity contribution in [3.63, 3.8) is 0 Å². The molecular weight excluding hydrogens is 499 g/mol. The number of guanidine groups is 1. The van der Waals surface area contributed by atoms with Gasteiger partial charge in [-0.25, -0.2) is 8.42 Å². The number of aliphatic imine (C=N–C) groups is 1. The molecule has 0 spiro atoms. The van der Waals surface area contributed by atoms with Gasteiger partial charge in [0.15, 0.2) is 5.96 Å². The van der Waals surface area contributed by atoms with Gasteiger partial charge in [0.2, 0.25) is 0 Å². The first-order valence-corrected chi connectivity index (χ1v) is 12.1. The van der Waals surface area contributed by atoms with Gasteiger partial charge >= 0.3 is 0 Å². The van der Waals surface area contributed by atoms with Crippen LogP contribution in [0, 0.1) is 5.41 Å². The highest BCUT2D eigenvalue weighted by Gasteiger charge is 2.23. The molecule has 1 heterocycles. The van der Waals surface area contributed by atoms with Crippen LogP contribution >= 0.6 is 24.0 Å². The summed E-state index contributed by atoms with van der Waals surface area (Å²) in [6.07, 6.45) is 4.22. The molecule has 1 saturated heterocycles. The number of nitrogens with one attached hydrogen (secondary N) is 2. The standard InChI is InChI=1S/C21H36N4O2S.HI/c1-21(2,12-14-28(4,26)27)17-23-20(22-3)24-19-11-8-13-25(16-19)15-18-9-6-5-7-10-18;/h5-7,9-10,19H,8,11-17H2,1-4H3,(H2,22,23,24);1H. The Morgan fingerprint density at radius 2 is 1.97 bits per heavy atom. The molecule has 2 N–H and O–H groups in total. The molecule has 1 atom stereocenters. The summed E-state index contributed by atoms with van der Waals surface area (Å²) >= 11 is 0. The molecule has 0 saturated carbocycles. The molecule has 0 aromatic heterocycles. The maximum absolute atomic E-state index is 11.4. The average molecular weight is 537 g/mol. The van der Waals surface area contributed by atoms with Gasteiger partial charge < -0.3 is 10.6 Å². The fraction of sp³-hybridized carbons (Fsp3) is 0.667. The first-order valence-electron chi connectivity index (χ1n) is 10.1. The van der Waals surface area contributed by atoms with Gasteiger partial charge in [-0.2, -0.15) is 0 Å². The van der Waals surface area contributed by atoms with Gasteiger partial charge in [-0.3, -0.25) is 9.89 Å². The van der Waals surface area contributed by atoms with E-state index in [4.69, 9.17) is 0 Å². The second-order valence-corrected chi connectivity index (χ2v) is 10.9. The van der Waals surface area contributed by atoms with Crippen molar-refractivity contribution in [3.8, 4) is 0 Å². The predicted octanol–water partition coefficient (Wildman–Crippen LogP) is 2.89. The lowest BCUT2D eigenvalue weighted by molar-refractivity contribution is 0.192. The second kappa shape index (κ2) is 12.1. The van der Waals surface area contributed by atoms with Crippen LogP contribution in [0.3, 0.4) is 0 Å². The maximum atomic E-state index is 11.4. The zero-order chi connectivity index (χ0) is 20.6. The van der Waals surface area contributed by atoms with Crippen molar-refractivity contribution in [2.24, 2.45) is 10.4 Å². The van der Waals surface area contributed by atoms with Gasteiger partial charge in [0.05, 0.1) is 5.75 Å². The molecule has 0 radical (unpaired) electrons. The fourth-order valence-electron chi connectivity index (χ4n) is 3.42. The van der Waals surface area contributed by atoms with E-state index in [2.05, 4.69) is 64.7 Å². The lowest BCUT2D eigenvalue weighted by Gasteiger charge is -2.34. The highest BCUT2D eigenvalue weighted by molar-refractivity contribution is 14.0. The molecule has 1 aromatic rings. The molecular formula is C21H37IN4O2S. The summed E-state index contributed by atoms with van der Waals surface area (Å²) in [5.74, 6) is 1.00. The van der Waals surface area contributed by atoms with Crippen LogP contribution in [-0.2, 0) is 16.4 Å². The van der Waals surface area contributed by atoms with Crippen molar-refractivity contribution in [3.05, 3.63) is 35.9 Å². The SMILES string of the molecule is CN=C(NCC(C)(C)CCS(C)(=O)=O)NC1CCCN(Cc2ccccc2)C1.I. The molecule has 1 unspecified atom stereocenters. The summed E-state index contributed by atoms with van der Waals surface area (Å²) in [5.41, 5.74) is 1.23. The molecule has 1 fully saturated rings. The molecule has 1 aromatic carbocycles. The Bertz CT molecular complexity index is 738. The van der Waals surface area contributed by atoms with Crippen LogP contribution in [0.2, 0.25) is 0 Å². The molecule has 1 aliphatic heterocycles. The van der Waals surface area contributed by atoms with Crippen LogP contribution in [-0.4, -0.2) is 64.0 Å². The van der Waals surface area contributed by atoms with E-state index in [1.165, 1.54) is 18.2 Å². The highest BCUT2D eigenvalue weighted by Crippen LogP contribution is 2.20. The van der Waals surface area contributed by atoms with Crippen molar-refractivity contribution in [2.45, 2.75) is 45.7 Å². The highest BCUT2D eigenvalue weighted by atomic mass is 127. The van der Waals surface area contributed by atoms with Crippen molar-refractivity contribution in [1.29, 1.82) is 0 Å². The van der Waals surface area contributed by atoms with E-state index in [0.29, 0.717) is 19.0 Å². The molecule has 0 aliphatic carbocycles. The largest absolute Gasteiger partial charge is 0.356 e. The summed E-state index contributed by atoms with van der Waals surface area (Å²) in [5, 5.41) is 6.93. The summed E-state index contributed by atoms with van der Waals surface area (Å²) < 4.78 is 22.9. The third-order valence-electron chi connectivity index (χ3n) is 5.20. The summed E-state index contributed by atoms with van der Waals surface area (Å²) in [6.45, 7) is 7.94. The number of sulfone groups is 1. The van der Waals surface area contributed by atoms with E-state index >= 15 is 0 Å². The van der Waals surface area contributed by atoms with Crippen molar-refractivity contribution in [1.82, 2.24) is 15.5 Å². The predicted molar refractivity (Wildman–Crippen MR) is 133 cm³/mol. The normalized spacial score (nSPS) is 18.8. The van der Waals surface area contributed by atoms with Gasteiger partial charge in [-0.1, -0.05) is 44.2 Å². The van der Waals surface area contributed by atoms with Crippen LogP contribution in [0.5, 0.6) is 0 Å². The fourth-order valence-corrected chi connectivity index (χ4v) is 4.34. The smallest absolute Gasteiger partial charge is 0.191 e. The molecule has 166 valence electrons. The molecule has 1 aliphatic rings. The van der Waals surface area contributed by atoms with Gasteiger partial charge in [-0.05, 0) is 36.8 Å². The molecule has 0 amide bonds. The number of hydrogen-bond donors (Lipinski definition) is 2. The molecule has 2 rings (SSSR count). The van der Waals surface area contributed by atoms with Gasteiger partial charge in [-0.15, -0.1) is 24.0 Å². The molecule has 0 bridgehead atoms. The quantitative estimate of drug-likeness (QED) is 0.304. The summed E-state index contributed by atoms with van der Waals surface area (Å²) in [7, 11) is -1.15. The first kappa shape index (κ1) is 26.2. The van der Waals surface area contributed by atoms with E-state index in [1.54, 1.807) is 7.05 Å². The summed E-state index contributed by atoms with van der Waals surface area (Å²) in [6, 6.07) is 10.9. The van der Waals surface area contributed by atoms with E-state index in [9.17, 15) is 8.42 Å². The number of halogens is 1. The Balaban J connectivity index is 0.00000420. The third-order valence-corrected chi connectivity index (χ3v) is 6.15. The topological polar surface area (TPSA) is 73.8 Å². The lowest BCUT2D eigenvalue weighted by Crippen LogP contribution is -2.52. The van der Waals surface area contributed by atoms with Crippen LogP contribution in [0.15, 0.2) is 35.3 Å². The Labute approximate surface area is 193 Å². The lowest BCUT2D eigenvalue weighted by atomic mass is 9.90. The molecule has 8 heteroatoms. The van der Waals surface area contributed by atoms with Crippen molar-refractivity contribution in [2.75, 3.05) is 38.7 Å². The van der Waals surface area contributed by atoms with Crippen molar-refractivity contribution < 1.29 is 8.42 Å². The zero-order valence-corrected chi connectivity index (χ0v) is 21.3. The number of benzene rings is 1. The van der Waals surface area contributed by atoms with E-state index in [1.807, 2.05) is 0 Å². The second-order valence-electron chi connectivity index (χ2n) is 8.67. The van der Waals surface area contributed by atoms with Crippen LogP contribution < -0.4 is 10.6 Å². The number of likely N-dealkylation sites (tertiary alicyclic amines) is 1. The van der Waals surface area contributed by atoms with Crippen LogP contribution in [0.4, 0.5) is 0 Å². The monoisotopic (exact) mass is 536 g/mol. The summed E-state index contributed by atoms with van der Waals surface area (Å²) in [4.78, 5) is 6.85. The minimum Gasteiger partial charge on any atom is -0.356 e. The van der Waals surface area contributed by atoms with E-state index in [0.717, 1.165) is 32.0 Å². The maximum Gasteiger partial charge on any atom is 0.191 e. The number of rotatable bonds is 8. The molecule has 6 nitrogen and oxygen atoms in total. The van der Waals surface area contributed by atoms with Crippen LogP contribution in [0.25, 0.3) is 0 Å². The minimum atomic E-state index is -2.94. The van der Waals surface area contributed by atoms with Gasteiger partial charge in [0.1, 0.15) is 9.84 Å². The Hall–Kier alpha value is -0.870. The third kappa shape index (κ3) is 10.6. The van der Waals surface area contributed by atoms with E-state index < -0.39 is 9.84 Å². The van der Waals surface area contributed by atoms with E-state index in [-0.39, 0.29) is 35.1 Å².